The van der Waals surface area contributed by atoms with Gasteiger partial charge in [-0.05, 0) is 89.5 Å². The fourth-order valence-electron chi connectivity index (χ4n) is 6.04. The quantitative estimate of drug-likeness (QED) is 0.189. The minimum atomic E-state index is -5.11. The van der Waals surface area contributed by atoms with E-state index in [2.05, 4.69) is 20.5 Å². The number of halogens is 5. The van der Waals surface area contributed by atoms with E-state index in [0.717, 1.165) is 55.9 Å². The average molecular weight is 660 g/mol. The van der Waals surface area contributed by atoms with Crippen molar-refractivity contribution in [3.8, 4) is 11.3 Å². The number of carbonyl (C=O) groups is 2. The van der Waals surface area contributed by atoms with Gasteiger partial charge in [-0.1, -0.05) is 25.0 Å². The number of nitrogens with zero attached hydrogens (tertiary/aromatic N) is 5. The Bertz CT molecular complexity index is 1600. The molecule has 2 aromatic carbocycles. The van der Waals surface area contributed by atoms with Crippen LogP contribution in [0.4, 0.5) is 49.9 Å². The van der Waals surface area contributed by atoms with E-state index in [1.807, 2.05) is 0 Å². The summed E-state index contributed by atoms with van der Waals surface area (Å²) in [6.45, 7) is 7.90. The minimum Gasteiger partial charge on any atom is -0.354 e. The number of alkyl halides is 3. The lowest BCUT2D eigenvalue weighted by molar-refractivity contribution is -0.170. The van der Waals surface area contributed by atoms with Gasteiger partial charge in [0.1, 0.15) is 17.3 Å². The number of aryl methyl sites for hydroxylation is 1. The molecule has 3 aromatic rings. The van der Waals surface area contributed by atoms with Crippen LogP contribution in [-0.4, -0.2) is 65.2 Å². The first-order chi connectivity index (χ1) is 22.4. The first-order valence-corrected chi connectivity index (χ1v) is 15.8. The van der Waals surface area contributed by atoms with Crippen LogP contribution in [0.25, 0.3) is 11.3 Å². The fourth-order valence-corrected chi connectivity index (χ4v) is 6.04. The number of likely N-dealkylation sites (tertiary alicyclic amines) is 1. The van der Waals surface area contributed by atoms with E-state index in [0.29, 0.717) is 28.1 Å². The number of anilines is 4. The number of nitrogens with one attached hydrogen (secondary N) is 2. The zero-order valence-electron chi connectivity index (χ0n) is 26.6. The number of fused-ring (bicyclic) bond motifs is 1. The summed E-state index contributed by atoms with van der Waals surface area (Å²) < 4.78 is 70.9. The van der Waals surface area contributed by atoms with Crippen LogP contribution >= 0.6 is 0 Å². The van der Waals surface area contributed by atoms with Crippen LogP contribution in [0.1, 0.15) is 57.1 Å². The Kier molecular flexibility index (Phi) is 10.3. The lowest BCUT2D eigenvalue weighted by atomic mass is 9.98. The van der Waals surface area contributed by atoms with Gasteiger partial charge < -0.3 is 20.4 Å². The maximum absolute atomic E-state index is 15.1. The smallest absolute Gasteiger partial charge is 0.354 e. The molecular weight excluding hydrogens is 621 g/mol. The molecule has 0 radical (unpaired) electrons. The van der Waals surface area contributed by atoms with Crippen molar-refractivity contribution in [2.24, 2.45) is 0 Å². The van der Waals surface area contributed by atoms with Crippen LogP contribution in [0.2, 0.25) is 0 Å². The zero-order valence-corrected chi connectivity index (χ0v) is 26.6. The molecule has 2 N–H and O–H groups in total. The van der Waals surface area contributed by atoms with Crippen molar-refractivity contribution in [2.45, 2.75) is 71.6 Å². The van der Waals surface area contributed by atoms with Gasteiger partial charge in [0.05, 0.1) is 12.2 Å². The summed E-state index contributed by atoms with van der Waals surface area (Å²) in [5.74, 6) is -4.00. The van der Waals surface area contributed by atoms with Crippen LogP contribution in [0.3, 0.4) is 0 Å². The van der Waals surface area contributed by atoms with Crippen molar-refractivity contribution in [2.75, 3.05) is 41.3 Å². The molecule has 3 amide bonds. The monoisotopic (exact) mass is 659 g/mol. The number of rotatable bonds is 9. The van der Waals surface area contributed by atoms with Gasteiger partial charge in [0, 0.05) is 29.4 Å². The summed E-state index contributed by atoms with van der Waals surface area (Å²) >= 11 is 0. The fraction of sp³-hybridized carbons (Fsp3) is 0.455. The lowest BCUT2D eigenvalue weighted by Crippen LogP contribution is -2.45. The number of para-hydroxylation sites is 1. The highest BCUT2D eigenvalue weighted by Gasteiger charge is 2.44. The molecule has 1 saturated heterocycles. The molecule has 3 heterocycles. The second-order valence-corrected chi connectivity index (χ2v) is 12.1. The highest BCUT2D eigenvalue weighted by molar-refractivity contribution is 6.02. The van der Waals surface area contributed by atoms with Crippen molar-refractivity contribution in [3.63, 3.8) is 0 Å². The molecular formula is C33H38F5N7O2. The second-order valence-electron chi connectivity index (χ2n) is 12.1. The second kappa shape index (κ2) is 14.2. The molecule has 1 aromatic heterocycles. The zero-order chi connectivity index (χ0) is 33.9. The number of urea groups is 1. The van der Waals surface area contributed by atoms with Gasteiger partial charge in [0.2, 0.25) is 5.95 Å². The largest absolute Gasteiger partial charge is 0.471 e. The number of hydrogen-bond acceptors (Lipinski definition) is 6. The first-order valence-electron chi connectivity index (χ1n) is 15.8. The molecule has 0 aliphatic carbocycles. The molecule has 0 unspecified atom stereocenters. The van der Waals surface area contributed by atoms with Crippen molar-refractivity contribution in [3.05, 3.63) is 59.2 Å². The molecule has 0 spiro atoms. The van der Waals surface area contributed by atoms with Crippen LogP contribution in [0.15, 0.2) is 36.4 Å². The molecule has 5 rings (SSSR count). The maximum atomic E-state index is 15.1. The van der Waals surface area contributed by atoms with Crippen molar-refractivity contribution < 1.29 is 31.5 Å². The molecule has 2 aliphatic heterocycles. The van der Waals surface area contributed by atoms with E-state index in [9.17, 15) is 22.8 Å². The molecule has 1 fully saturated rings. The summed E-state index contributed by atoms with van der Waals surface area (Å²) in [6.07, 6.45) is 0.370. The third-order valence-corrected chi connectivity index (χ3v) is 8.34. The van der Waals surface area contributed by atoms with Gasteiger partial charge in [-0.3, -0.25) is 4.79 Å². The third kappa shape index (κ3) is 7.47. The molecule has 2 aliphatic rings. The predicted octanol–water partition coefficient (Wildman–Crippen LogP) is 7.07. The number of amides is 3. The van der Waals surface area contributed by atoms with Crippen molar-refractivity contribution in [1.82, 2.24) is 20.2 Å². The van der Waals surface area contributed by atoms with Gasteiger partial charge in [-0.15, -0.1) is 0 Å². The van der Waals surface area contributed by atoms with E-state index in [-0.39, 0.29) is 29.7 Å². The SMILES string of the molecule is Cc1ccc(N(C(=O)C(F)(F)F)C(C)C)cc1-c1nc(NCCCN2CCCCCC2)nc2c1CNC(=O)N2c1c(F)cccc1F. The third-order valence-electron chi connectivity index (χ3n) is 8.34. The Morgan fingerprint density at radius 2 is 1.72 bits per heavy atom. The summed E-state index contributed by atoms with van der Waals surface area (Å²) in [5.41, 5.74) is 0.842. The molecule has 252 valence electrons. The first kappa shape index (κ1) is 34.0. The lowest BCUT2D eigenvalue weighted by Gasteiger charge is -2.31. The Balaban J connectivity index is 1.59. The van der Waals surface area contributed by atoms with E-state index in [1.165, 1.54) is 44.9 Å². The normalized spacial score (nSPS) is 15.7. The van der Waals surface area contributed by atoms with Crippen molar-refractivity contribution >= 4 is 35.1 Å². The van der Waals surface area contributed by atoms with E-state index in [4.69, 9.17) is 4.98 Å². The number of aromatic nitrogens is 2. The van der Waals surface area contributed by atoms with Crippen LogP contribution in [0.5, 0.6) is 0 Å². The summed E-state index contributed by atoms with van der Waals surface area (Å²) in [6, 6.07) is 5.99. The number of benzene rings is 2. The Labute approximate surface area is 270 Å². The van der Waals surface area contributed by atoms with E-state index in [1.54, 1.807) is 13.0 Å². The average Bonchev–Trinajstić information content (AvgIpc) is 3.29. The highest BCUT2D eigenvalue weighted by Crippen LogP contribution is 2.40. The molecule has 9 nitrogen and oxygen atoms in total. The maximum Gasteiger partial charge on any atom is 0.471 e. The summed E-state index contributed by atoms with van der Waals surface area (Å²) in [5, 5.41) is 5.79. The van der Waals surface area contributed by atoms with Crippen LogP contribution < -0.4 is 20.4 Å². The molecule has 14 heteroatoms. The van der Waals surface area contributed by atoms with Gasteiger partial charge >= 0.3 is 18.1 Å². The van der Waals surface area contributed by atoms with Gasteiger partial charge in [-0.25, -0.2) is 23.5 Å². The van der Waals surface area contributed by atoms with Crippen LogP contribution in [0, 0.1) is 18.6 Å². The van der Waals surface area contributed by atoms with Crippen LogP contribution in [-0.2, 0) is 11.3 Å². The number of hydrogen-bond donors (Lipinski definition) is 2. The van der Waals surface area contributed by atoms with Gasteiger partial charge in [0.25, 0.3) is 0 Å². The van der Waals surface area contributed by atoms with E-state index >= 15 is 8.78 Å². The summed E-state index contributed by atoms with van der Waals surface area (Å²) in [7, 11) is 0. The molecule has 47 heavy (non-hydrogen) atoms. The minimum absolute atomic E-state index is 0.0147. The summed E-state index contributed by atoms with van der Waals surface area (Å²) in [4.78, 5) is 38.8. The Hall–Kier alpha value is -4.33. The number of carbonyl (C=O) groups excluding carboxylic acids is 2. The predicted molar refractivity (Wildman–Crippen MR) is 170 cm³/mol. The standard InChI is InChI=1S/C33H38F5N7O2/c1-20(2)44(30(46)33(36,37)38)22-13-12-21(3)23(18-22)27-24-19-40-32(47)45(28-25(34)10-8-11-26(28)35)29(24)42-31(41-27)39-14-9-17-43-15-6-4-5-7-16-43/h8,10-13,18,20H,4-7,9,14-17,19H2,1-3H3,(H,40,47)(H,39,41,42). The van der Waals surface area contributed by atoms with Gasteiger partial charge in [-0.2, -0.15) is 18.2 Å². The van der Waals surface area contributed by atoms with Gasteiger partial charge in [0.15, 0.2) is 5.82 Å². The Morgan fingerprint density at radius 3 is 2.36 bits per heavy atom. The highest BCUT2D eigenvalue weighted by atomic mass is 19.4. The molecule has 0 bridgehead atoms. The molecule has 0 atom stereocenters. The van der Waals surface area contributed by atoms with Crippen molar-refractivity contribution in [1.29, 1.82) is 0 Å². The Morgan fingerprint density at radius 1 is 1.04 bits per heavy atom. The van der Waals surface area contributed by atoms with E-state index < -0.39 is 41.5 Å². The molecule has 0 saturated carbocycles. The topological polar surface area (TPSA) is 93.7 Å².